The van der Waals surface area contributed by atoms with Crippen LogP contribution in [0, 0.1) is 0 Å². The van der Waals surface area contributed by atoms with Gasteiger partial charge in [-0.3, -0.25) is 4.40 Å². The number of hydrogen-bond acceptors (Lipinski definition) is 5. The molecule has 1 N–H and O–H groups in total. The Bertz CT molecular complexity index is 832. The van der Waals surface area contributed by atoms with E-state index < -0.39 is 0 Å². The van der Waals surface area contributed by atoms with Gasteiger partial charge in [0, 0.05) is 12.7 Å². The molecule has 0 radical (unpaired) electrons. The largest absolute Gasteiger partial charge is 0.490 e. The molecule has 26 heavy (non-hydrogen) atoms. The molecule has 0 atom stereocenters. The highest BCUT2D eigenvalue weighted by Gasteiger charge is 2.08. The van der Waals surface area contributed by atoms with Crippen molar-refractivity contribution >= 4 is 5.65 Å². The summed E-state index contributed by atoms with van der Waals surface area (Å²) in [6, 6.07) is 12.0. The van der Waals surface area contributed by atoms with Crippen LogP contribution < -0.4 is 14.8 Å². The molecule has 0 saturated carbocycles. The summed E-state index contributed by atoms with van der Waals surface area (Å²) in [7, 11) is 0. The second-order valence-electron chi connectivity index (χ2n) is 6.06. The van der Waals surface area contributed by atoms with Crippen molar-refractivity contribution in [3.05, 3.63) is 54.0 Å². The van der Waals surface area contributed by atoms with Crippen LogP contribution in [0.15, 0.2) is 42.6 Å². The Morgan fingerprint density at radius 1 is 1.00 bits per heavy atom. The lowest BCUT2D eigenvalue weighted by Crippen LogP contribution is -2.15. The van der Waals surface area contributed by atoms with Gasteiger partial charge in [0.25, 0.3) is 0 Å². The zero-order chi connectivity index (χ0) is 18.2. The maximum atomic E-state index is 5.83. The molecular weight excluding hydrogens is 328 g/mol. The Labute approximate surface area is 154 Å². The summed E-state index contributed by atoms with van der Waals surface area (Å²) >= 11 is 0. The van der Waals surface area contributed by atoms with Crippen molar-refractivity contribution in [2.24, 2.45) is 0 Å². The minimum absolute atomic E-state index is 0.618. The van der Waals surface area contributed by atoms with Gasteiger partial charge in [-0.25, -0.2) is 0 Å². The second kappa shape index (κ2) is 9.20. The molecule has 0 saturated heterocycles. The monoisotopic (exact) mass is 354 g/mol. The quantitative estimate of drug-likeness (QED) is 0.564. The van der Waals surface area contributed by atoms with Crippen LogP contribution in [0.3, 0.4) is 0 Å². The predicted molar refractivity (Wildman–Crippen MR) is 102 cm³/mol. The number of pyridine rings is 1. The maximum absolute atomic E-state index is 5.83. The zero-order valence-electron chi connectivity index (χ0n) is 15.4. The first-order valence-corrected chi connectivity index (χ1v) is 9.19. The third kappa shape index (κ3) is 4.52. The molecule has 1 aromatic carbocycles. The lowest BCUT2D eigenvalue weighted by Gasteiger charge is -2.13. The number of hydrogen-bond donors (Lipinski definition) is 1. The smallest absolute Gasteiger partial charge is 0.161 e. The molecule has 2 aromatic heterocycles. The van der Waals surface area contributed by atoms with E-state index in [0.29, 0.717) is 19.8 Å². The molecule has 0 amide bonds. The lowest BCUT2D eigenvalue weighted by molar-refractivity contribution is 0.272. The van der Waals surface area contributed by atoms with E-state index in [0.717, 1.165) is 47.9 Å². The first kappa shape index (κ1) is 18.2. The zero-order valence-corrected chi connectivity index (χ0v) is 15.4. The topological polar surface area (TPSA) is 60.7 Å². The van der Waals surface area contributed by atoms with Crippen LogP contribution in [0.2, 0.25) is 0 Å². The first-order chi connectivity index (χ1) is 12.8. The number of aromatic nitrogens is 3. The molecular formula is C20H26N4O2. The lowest BCUT2D eigenvalue weighted by atomic mass is 10.2. The summed E-state index contributed by atoms with van der Waals surface area (Å²) in [6.07, 6.45) is 4.13. The average molecular weight is 354 g/mol. The van der Waals surface area contributed by atoms with Gasteiger partial charge < -0.3 is 14.8 Å². The molecule has 0 aliphatic heterocycles. The van der Waals surface area contributed by atoms with Crippen molar-refractivity contribution < 1.29 is 9.47 Å². The molecule has 0 unspecified atom stereocenters. The van der Waals surface area contributed by atoms with E-state index in [1.165, 1.54) is 0 Å². The van der Waals surface area contributed by atoms with Crippen LogP contribution in [-0.2, 0) is 13.1 Å². The van der Waals surface area contributed by atoms with Gasteiger partial charge >= 0.3 is 0 Å². The second-order valence-corrected chi connectivity index (χ2v) is 6.06. The number of fused-ring (bicyclic) bond motifs is 1. The Balaban J connectivity index is 1.61. The van der Waals surface area contributed by atoms with Crippen LogP contribution in [0.1, 0.15) is 38.1 Å². The third-order valence-corrected chi connectivity index (χ3v) is 4.06. The standard InChI is InChI=1S/C20H26N4O2/c1-3-5-12-26-17-10-9-16(13-18(17)25-4-2)14-21-15-20-23-22-19-8-6-7-11-24(19)20/h6-11,13,21H,3-5,12,14-15H2,1-2H3. The first-order valence-electron chi connectivity index (χ1n) is 9.19. The van der Waals surface area contributed by atoms with E-state index in [1.807, 2.05) is 47.9 Å². The predicted octanol–water partition coefficient (Wildman–Crippen LogP) is 3.60. The molecule has 0 aliphatic carbocycles. The van der Waals surface area contributed by atoms with Crippen molar-refractivity contribution in [1.29, 1.82) is 0 Å². The van der Waals surface area contributed by atoms with E-state index in [9.17, 15) is 0 Å². The molecule has 3 aromatic rings. The fourth-order valence-electron chi connectivity index (χ4n) is 2.71. The highest BCUT2D eigenvalue weighted by molar-refractivity contribution is 5.43. The number of ether oxygens (including phenoxy) is 2. The normalized spacial score (nSPS) is 11.0. The van der Waals surface area contributed by atoms with E-state index in [-0.39, 0.29) is 0 Å². The molecule has 0 fully saturated rings. The van der Waals surface area contributed by atoms with Gasteiger partial charge in [0.15, 0.2) is 23.0 Å². The minimum Gasteiger partial charge on any atom is -0.490 e. The average Bonchev–Trinajstić information content (AvgIpc) is 3.07. The Hall–Kier alpha value is -2.60. The van der Waals surface area contributed by atoms with Crippen molar-refractivity contribution in [3.8, 4) is 11.5 Å². The molecule has 0 spiro atoms. The van der Waals surface area contributed by atoms with E-state index in [1.54, 1.807) is 0 Å². The van der Waals surface area contributed by atoms with Crippen LogP contribution in [0.4, 0.5) is 0 Å². The summed E-state index contributed by atoms with van der Waals surface area (Å²) in [4.78, 5) is 0. The maximum Gasteiger partial charge on any atom is 0.161 e. The molecule has 0 bridgehead atoms. The summed E-state index contributed by atoms with van der Waals surface area (Å²) in [5.74, 6) is 2.51. The molecule has 138 valence electrons. The summed E-state index contributed by atoms with van der Waals surface area (Å²) in [5.41, 5.74) is 2.00. The molecule has 3 rings (SSSR count). The Kier molecular flexibility index (Phi) is 6.44. The van der Waals surface area contributed by atoms with Crippen molar-refractivity contribution in [3.63, 3.8) is 0 Å². The highest BCUT2D eigenvalue weighted by atomic mass is 16.5. The Morgan fingerprint density at radius 3 is 2.77 bits per heavy atom. The van der Waals surface area contributed by atoms with Crippen molar-refractivity contribution in [2.45, 2.75) is 39.8 Å². The summed E-state index contributed by atoms with van der Waals surface area (Å²) < 4.78 is 13.6. The summed E-state index contributed by atoms with van der Waals surface area (Å²) in [5, 5.41) is 11.8. The van der Waals surface area contributed by atoms with Crippen LogP contribution in [0.25, 0.3) is 5.65 Å². The van der Waals surface area contributed by atoms with Gasteiger partial charge in [-0.15, -0.1) is 10.2 Å². The number of benzene rings is 1. The molecule has 6 heteroatoms. The van der Waals surface area contributed by atoms with Crippen molar-refractivity contribution in [1.82, 2.24) is 19.9 Å². The number of nitrogens with zero attached hydrogens (tertiary/aromatic N) is 3. The fraction of sp³-hybridized carbons (Fsp3) is 0.400. The van der Waals surface area contributed by atoms with E-state index in [2.05, 4.69) is 28.5 Å². The van der Waals surface area contributed by atoms with Gasteiger partial charge in [0.2, 0.25) is 0 Å². The Morgan fingerprint density at radius 2 is 1.92 bits per heavy atom. The fourth-order valence-corrected chi connectivity index (χ4v) is 2.71. The van der Waals surface area contributed by atoms with Crippen LogP contribution in [0.5, 0.6) is 11.5 Å². The van der Waals surface area contributed by atoms with Gasteiger partial charge in [-0.05, 0) is 43.2 Å². The molecule has 6 nitrogen and oxygen atoms in total. The van der Waals surface area contributed by atoms with Gasteiger partial charge in [0.1, 0.15) is 0 Å². The third-order valence-electron chi connectivity index (χ3n) is 4.06. The van der Waals surface area contributed by atoms with E-state index >= 15 is 0 Å². The van der Waals surface area contributed by atoms with Crippen LogP contribution >= 0.6 is 0 Å². The van der Waals surface area contributed by atoms with Crippen LogP contribution in [-0.4, -0.2) is 27.8 Å². The van der Waals surface area contributed by atoms with Gasteiger partial charge in [0.05, 0.1) is 19.8 Å². The van der Waals surface area contributed by atoms with Gasteiger partial charge in [-0.1, -0.05) is 25.5 Å². The number of unbranched alkanes of at least 4 members (excludes halogenated alkanes) is 1. The summed E-state index contributed by atoms with van der Waals surface area (Å²) in [6.45, 7) is 6.83. The number of nitrogens with one attached hydrogen (secondary N) is 1. The van der Waals surface area contributed by atoms with Crippen molar-refractivity contribution in [2.75, 3.05) is 13.2 Å². The highest BCUT2D eigenvalue weighted by Crippen LogP contribution is 2.28. The minimum atomic E-state index is 0.618. The van der Waals surface area contributed by atoms with Gasteiger partial charge in [-0.2, -0.15) is 0 Å². The SMILES string of the molecule is CCCCOc1ccc(CNCc2nnc3ccccn23)cc1OCC. The molecule has 0 aliphatic rings. The van der Waals surface area contributed by atoms with E-state index in [4.69, 9.17) is 9.47 Å². The number of rotatable bonds is 10. The molecule has 2 heterocycles.